The number of carbonyl (C=O) groups is 2. The normalized spacial score (nSPS) is 19.0. The van der Waals surface area contributed by atoms with Gasteiger partial charge in [-0.05, 0) is 12.8 Å². The smallest absolute Gasteiger partial charge is 0.236 e. The Morgan fingerprint density at radius 1 is 0.833 bits per heavy atom. The van der Waals surface area contributed by atoms with Crippen LogP contribution in [0, 0.1) is 5.41 Å². The van der Waals surface area contributed by atoms with Crippen LogP contribution in [0.5, 0.6) is 0 Å². The maximum atomic E-state index is 12.6. The van der Waals surface area contributed by atoms with Crippen LogP contribution in [0.2, 0.25) is 0 Å². The van der Waals surface area contributed by atoms with Gasteiger partial charge in [0.2, 0.25) is 11.8 Å². The van der Waals surface area contributed by atoms with Crippen molar-refractivity contribution in [3.8, 4) is 0 Å². The number of halogens is 1. The predicted molar refractivity (Wildman–Crippen MR) is 132 cm³/mol. The average Bonchev–Trinajstić information content (AvgIpc) is 2.97. The number of aliphatic imine (C=N–C) groups is 1. The molecule has 0 saturated carbocycles. The molecule has 2 amide bonds. The number of nitrogens with one attached hydrogen (secondary N) is 2. The fraction of sp³-hybridized carbons (Fsp3) is 0.857. The van der Waals surface area contributed by atoms with Crippen molar-refractivity contribution in [3.63, 3.8) is 0 Å². The Morgan fingerprint density at radius 2 is 1.40 bits per heavy atom. The molecule has 0 unspecified atom stereocenters. The van der Waals surface area contributed by atoms with Gasteiger partial charge in [-0.3, -0.25) is 19.5 Å². The van der Waals surface area contributed by atoms with Crippen LogP contribution in [0.3, 0.4) is 0 Å². The van der Waals surface area contributed by atoms with E-state index < -0.39 is 0 Å². The third-order valence-corrected chi connectivity index (χ3v) is 5.58. The van der Waals surface area contributed by atoms with E-state index in [1.165, 1.54) is 12.8 Å². The van der Waals surface area contributed by atoms with Gasteiger partial charge >= 0.3 is 0 Å². The Bertz CT molecular complexity index is 562. The highest BCUT2D eigenvalue weighted by Gasteiger charge is 2.24. The monoisotopic (exact) mass is 536 g/mol. The first kappa shape index (κ1) is 26.9. The van der Waals surface area contributed by atoms with Crippen LogP contribution in [-0.2, 0) is 9.59 Å². The van der Waals surface area contributed by atoms with E-state index in [-0.39, 0.29) is 41.2 Å². The summed E-state index contributed by atoms with van der Waals surface area (Å²) in [6.45, 7) is 12.7. The topological polar surface area (TPSA) is 80.3 Å². The zero-order valence-corrected chi connectivity index (χ0v) is 21.5. The Balaban J connectivity index is 0.00000450. The molecule has 2 aliphatic rings. The number of amides is 2. The summed E-state index contributed by atoms with van der Waals surface area (Å²) in [5.74, 6) is 1.18. The van der Waals surface area contributed by atoms with Crippen LogP contribution in [-0.4, -0.2) is 98.4 Å². The fourth-order valence-corrected chi connectivity index (χ4v) is 3.68. The highest BCUT2D eigenvalue weighted by Crippen LogP contribution is 2.12. The van der Waals surface area contributed by atoms with Crippen molar-refractivity contribution in [1.82, 2.24) is 25.3 Å². The van der Waals surface area contributed by atoms with E-state index >= 15 is 0 Å². The number of piperazine rings is 1. The highest BCUT2D eigenvalue weighted by atomic mass is 127. The number of nitrogens with zero attached hydrogens (tertiary/aromatic N) is 4. The van der Waals surface area contributed by atoms with Crippen LogP contribution in [0.15, 0.2) is 4.99 Å². The molecule has 2 N–H and O–H groups in total. The molecule has 0 aromatic heterocycles. The first-order chi connectivity index (χ1) is 13.8. The van der Waals surface area contributed by atoms with E-state index in [2.05, 4.69) is 25.4 Å². The largest absolute Gasteiger partial charge is 0.354 e. The second-order valence-corrected chi connectivity index (χ2v) is 9.04. The first-order valence-electron chi connectivity index (χ1n) is 11.1. The fourth-order valence-electron chi connectivity index (χ4n) is 3.68. The van der Waals surface area contributed by atoms with Gasteiger partial charge in [0.25, 0.3) is 0 Å². The van der Waals surface area contributed by atoms with Crippen molar-refractivity contribution in [1.29, 1.82) is 0 Å². The van der Waals surface area contributed by atoms with Crippen LogP contribution in [0.1, 0.15) is 46.5 Å². The third-order valence-electron chi connectivity index (χ3n) is 5.58. The highest BCUT2D eigenvalue weighted by molar-refractivity contribution is 14.0. The Labute approximate surface area is 199 Å². The number of hydrogen-bond acceptors (Lipinski definition) is 4. The van der Waals surface area contributed by atoms with Gasteiger partial charge in [-0.1, -0.05) is 33.6 Å². The van der Waals surface area contributed by atoms with E-state index in [1.807, 2.05) is 25.7 Å². The third kappa shape index (κ3) is 8.95. The number of likely N-dealkylation sites (tertiary alicyclic amines) is 1. The lowest BCUT2D eigenvalue weighted by atomic mass is 9.96. The number of carbonyl (C=O) groups excluding carboxylic acids is 2. The molecule has 0 atom stereocenters. The van der Waals surface area contributed by atoms with Crippen molar-refractivity contribution in [3.05, 3.63) is 0 Å². The first-order valence-corrected chi connectivity index (χ1v) is 11.1. The van der Waals surface area contributed by atoms with Gasteiger partial charge < -0.3 is 20.4 Å². The molecular formula is C21H41IN6O2. The van der Waals surface area contributed by atoms with Gasteiger partial charge in [0.1, 0.15) is 0 Å². The van der Waals surface area contributed by atoms with E-state index in [0.717, 1.165) is 58.1 Å². The summed E-state index contributed by atoms with van der Waals surface area (Å²) in [6.07, 6.45) is 4.76. The molecule has 0 bridgehead atoms. The molecule has 8 nitrogen and oxygen atoms in total. The van der Waals surface area contributed by atoms with Crippen molar-refractivity contribution < 1.29 is 9.59 Å². The minimum atomic E-state index is -0.372. The quantitative estimate of drug-likeness (QED) is 0.240. The molecule has 2 heterocycles. The summed E-state index contributed by atoms with van der Waals surface area (Å²) < 4.78 is 0. The maximum Gasteiger partial charge on any atom is 0.236 e. The van der Waals surface area contributed by atoms with Crippen LogP contribution < -0.4 is 10.6 Å². The summed E-state index contributed by atoms with van der Waals surface area (Å²) in [5, 5.41) is 6.27. The zero-order valence-electron chi connectivity index (χ0n) is 19.2. The van der Waals surface area contributed by atoms with Gasteiger partial charge in [-0.15, -0.1) is 24.0 Å². The second-order valence-electron chi connectivity index (χ2n) is 9.04. The van der Waals surface area contributed by atoms with Gasteiger partial charge in [0, 0.05) is 64.8 Å². The van der Waals surface area contributed by atoms with Crippen LogP contribution >= 0.6 is 24.0 Å². The minimum absolute atomic E-state index is 0. The molecule has 0 aliphatic carbocycles. The molecule has 2 fully saturated rings. The van der Waals surface area contributed by atoms with E-state index in [0.29, 0.717) is 19.6 Å². The van der Waals surface area contributed by atoms with Gasteiger partial charge in [-0.2, -0.15) is 0 Å². The summed E-state index contributed by atoms with van der Waals surface area (Å²) in [6, 6.07) is 0. The lowest BCUT2D eigenvalue weighted by molar-refractivity contribution is -0.132. The number of guanidine groups is 1. The van der Waals surface area contributed by atoms with Crippen LogP contribution in [0.4, 0.5) is 0 Å². The SMILES string of the molecule is CN=C(NCCNC(=O)C(C)(C)C)N1CCN(CC(=O)N2CCCCCC2)CC1.I. The van der Waals surface area contributed by atoms with Crippen molar-refractivity contribution in [2.45, 2.75) is 46.5 Å². The molecule has 0 aromatic rings. The lowest BCUT2D eigenvalue weighted by Gasteiger charge is -2.37. The van der Waals surface area contributed by atoms with Crippen LogP contribution in [0.25, 0.3) is 0 Å². The zero-order chi connectivity index (χ0) is 21.3. The summed E-state index contributed by atoms with van der Waals surface area (Å²) >= 11 is 0. The molecule has 0 spiro atoms. The summed E-state index contributed by atoms with van der Waals surface area (Å²) in [4.78, 5) is 35.4. The molecule has 174 valence electrons. The van der Waals surface area contributed by atoms with Gasteiger partial charge in [0.15, 0.2) is 5.96 Å². The molecule has 2 rings (SSSR count). The maximum absolute atomic E-state index is 12.6. The second kappa shape index (κ2) is 13.3. The molecular weight excluding hydrogens is 495 g/mol. The standard InChI is InChI=1S/C21H40N6O2.HI/c1-21(2,3)19(29)23-9-10-24-20(22-4)27-15-13-25(14-16-27)17-18(28)26-11-7-5-6-8-12-26;/h5-17H2,1-4H3,(H,22,24)(H,23,29);1H. The van der Waals surface area contributed by atoms with Gasteiger partial charge in [0.05, 0.1) is 6.54 Å². The molecule has 0 radical (unpaired) electrons. The average molecular weight is 537 g/mol. The molecule has 30 heavy (non-hydrogen) atoms. The minimum Gasteiger partial charge on any atom is -0.354 e. The van der Waals surface area contributed by atoms with E-state index in [9.17, 15) is 9.59 Å². The van der Waals surface area contributed by atoms with Crippen molar-refractivity contribution >= 4 is 41.8 Å². The Kier molecular flexibility index (Phi) is 12.0. The summed E-state index contributed by atoms with van der Waals surface area (Å²) in [5.41, 5.74) is -0.372. The van der Waals surface area contributed by atoms with Crippen molar-refractivity contribution in [2.75, 3.05) is 66.0 Å². The van der Waals surface area contributed by atoms with E-state index in [1.54, 1.807) is 7.05 Å². The molecule has 9 heteroatoms. The van der Waals surface area contributed by atoms with Gasteiger partial charge in [-0.25, -0.2) is 0 Å². The molecule has 2 saturated heterocycles. The van der Waals surface area contributed by atoms with Crippen molar-refractivity contribution in [2.24, 2.45) is 10.4 Å². The number of hydrogen-bond donors (Lipinski definition) is 2. The van der Waals surface area contributed by atoms with E-state index in [4.69, 9.17) is 0 Å². The predicted octanol–water partition coefficient (Wildman–Crippen LogP) is 1.36. The Morgan fingerprint density at radius 3 is 1.93 bits per heavy atom. The molecule has 2 aliphatic heterocycles. The summed E-state index contributed by atoms with van der Waals surface area (Å²) in [7, 11) is 1.78. The Hall–Kier alpha value is -1.10. The lowest BCUT2D eigenvalue weighted by Crippen LogP contribution is -2.55. The molecule has 0 aromatic carbocycles. The number of rotatable bonds is 5.